The molecule has 4 rings (SSSR count). The second-order valence-corrected chi connectivity index (χ2v) is 13.3. The van der Waals surface area contributed by atoms with Gasteiger partial charge >= 0.3 is 0 Å². The summed E-state index contributed by atoms with van der Waals surface area (Å²) in [7, 11) is 3.06. The van der Waals surface area contributed by atoms with Gasteiger partial charge in [-0.1, -0.05) is 36.4 Å². The number of aliphatic hydroxyl groups is 4. The van der Waals surface area contributed by atoms with Crippen molar-refractivity contribution in [1.82, 2.24) is 10.6 Å². The number of methoxy groups -OCH3 is 2. The van der Waals surface area contributed by atoms with E-state index >= 15 is 0 Å². The number of benzene rings is 2. The van der Waals surface area contributed by atoms with Crippen molar-refractivity contribution in [2.75, 3.05) is 34.0 Å². The lowest BCUT2D eigenvalue weighted by Gasteiger charge is -2.43. The number of carbonyl (C=O) groups excluding carboxylic acids is 2. The first-order valence-corrected chi connectivity index (χ1v) is 17.7. The van der Waals surface area contributed by atoms with Crippen LogP contribution in [0.4, 0.5) is 0 Å². The third-order valence-electron chi connectivity index (χ3n) is 8.59. The first-order valence-electron chi connectivity index (χ1n) is 17.7. The predicted octanol–water partition coefficient (Wildman–Crippen LogP) is 0.193. The molecule has 2 saturated heterocycles. The van der Waals surface area contributed by atoms with Crippen LogP contribution in [0.15, 0.2) is 48.5 Å². The molecular weight excluding hydrogens is 696 g/mol. The van der Waals surface area contributed by atoms with E-state index in [0.717, 1.165) is 11.1 Å². The average molecular weight is 751 g/mol. The number of rotatable bonds is 18. The maximum atomic E-state index is 13.4. The van der Waals surface area contributed by atoms with Crippen molar-refractivity contribution in [1.29, 1.82) is 0 Å². The van der Waals surface area contributed by atoms with Gasteiger partial charge in [0.1, 0.15) is 36.6 Å². The molecule has 2 amide bonds. The van der Waals surface area contributed by atoms with E-state index in [1.165, 1.54) is 14.2 Å². The molecule has 0 aliphatic carbocycles. The molecule has 0 aromatic heterocycles. The van der Waals surface area contributed by atoms with E-state index < -0.39 is 85.4 Å². The molecule has 2 unspecified atom stereocenters. The van der Waals surface area contributed by atoms with Crippen LogP contribution in [0.25, 0.3) is 0 Å². The molecule has 2 fully saturated rings. The van der Waals surface area contributed by atoms with Gasteiger partial charge in [-0.15, -0.1) is 0 Å². The Kier molecular flexibility index (Phi) is 16.2. The van der Waals surface area contributed by atoms with Crippen LogP contribution in [-0.2, 0) is 51.0 Å². The monoisotopic (exact) mass is 750 g/mol. The van der Waals surface area contributed by atoms with Gasteiger partial charge < -0.3 is 69.0 Å². The van der Waals surface area contributed by atoms with Crippen LogP contribution in [0.5, 0.6) is 11.5 Å². The predicted molar refractivity (Wildman–Crippen MR) is 188 cm³/mol. The quantitative estimate of drug-likeness (QED) is 0.112. The Labute approximate surface area is 309 Å². The van der Waals surface area contributed by atoms with Crippen molar-refractivity contribution in [3.05, 3.63) is 59.7 Å². The van der Waals surface area contributed by atoms with E-state index in [0.29, 0.717) is 17.9 Å². The fourth-order valence-electron chi connectivity index (χ4n) is 5.97. The van der Waals surface area contributed by atoms with Gasteiger partial charge in [0.15, 0.2) is 36.3 Å². The Morgan fingerprint density at radius 2 is 1.26 bits per heavy atom. The summed E-state index contributed by atoms with van der Waals surface area (Å²) in [6, 6.07) is 14.6. The van der Waals surface area contributed by atoms with E-state index in [9.17, 15) is 30.0 Å². The fourth-order valence-corrected chi connectivity index (χ4v) is 5.97. The van der Waals surface area contributed by atoms with Gasteiger partial charge in [-0.25, -0.2) is 0 Å². The second-order valence-electron chi connectivity index (χ2n) is 13.3. The zero-order chi connectivity index (χ0) is 38.7. The summed E-state index contributed by atoms with van der Waals surface area (Å²) in [6.07, 6.45) is -14.7. The molecule has 2 aromatic carbocycles. The zero-order valence-electron chi connectivity index (χ0n) is 31.0. The van der Waals surface area contributed by atoms with Crippen LogP contribution in [0.1, 0.15) is 38.8 Å². The molecule has 0 saturated carbocycles. The summed E-state index contributed by atoms with van der Waals surface area (Å²) in [5, 5.41) is 49.2. The summed E-state index contributed by atoms with van der Waals surface area (Å²) in [5.74, 6) is -0.0863. The minimum Gasteiger partial charge on any atom is -0.493 e. The van der Waals surface area contributed by atoms with Gasteiger partial charge in [0, 0.05) is 13.1 Å². The lowest BCUT2D eigenvalue weighted by atomic mass is 9.97. The van der Waals surface area contributed by atoms with E-state index in [1.54, 1.807) is 39.8 Å². The third kappa shape index (κ3) is 11.5. The summed E-state index contributed by atoms with van der Waals surface area (Å²) in [4.78, 5) is 26.7. The largest absolute Gasteiger partial charge is 0.493 e. The van der Waals surface area contributed by atoms with Crippen LogP contribution >= 0.6 is 0 Å². The first-order chi connectivity index (χ1) is 25.3. The van der Waals surface area contributed by atoms with Crippen LogP contribution < -0.4 is 20.1 Å². The second kappa shape index (κ2) is 20.3. The van der Waals surface area contributed by atoms with E-state index in [1.807, 2.05) is 36.4 Å². The van der Waals surface area contributed by atoms with Gasteiger partial charge in [0.05, 0.1) is 39.6 Å². The lowest BCUT2D eigenvalue weighted by molar-refractivity contribution is -0.313. The molecule has 10 atom stereocenters. The standard InChI is InChI=1S/C37H54N2O14/c1-20(2)50-31-27(41)28(42)36(52-33(31)35(45)39-19-23-10-8-7-9-11-23)49-17-16-48-30-26(40)29(43)37(51-21(3)4)53-32(30)34(44)38-15-14-22-12-13-24(46-5)25(18-22)47-6/h7-13,18,20-21,26-33,36-37,40-43H,14-17,19H2,1-6H3,(H,38,44)(H,39,45)/t26-,27-,28+,29+,30+,31+,32?,33?,36-,37-/m1/s1. The fraction of sp³-hybridized carbons (Fsp3) is 0.622. The molecular formula is C37H54N2O14. The molecule has 0 radical (unpaired) electrons. The summed E-state index contributed by atoms with van der Waals surface area (Å²) < 4.78 is 45.3. The Bertz CT molecular complexity index is 1430. The molecule has 16 nitrogen and oxygen atoms in total. The minimum absolute atomic E-state index is 0.192. The van der Waals surface area contributed by atoms with Crippen molar-refractivity contribution < 1.29 is 67.9 Å². The molecule has 2 heterocycles. The first kappa shape index (κ1) is 42.3. The molecule has 53 heavy (non-hydrogen) atoms. The van der Waals surface area contributed by atoms with E-state index in [-0.39, 0.29) is 26.3 Å². The number of hydrogen-bond donors (Lipinski definition) is 6. The van der Waals surface area contributed by atoms with Gasteiger partial charge in [0.25, 0.3) is 11.8 Å². The third-order valence-corrected chi connectivity index (χ3v) is 8.59. The van der Waals surface area contributed by atoms with E-state index in [2.05, 4.69) is 10.6 Å². The molecule has 2 aliphatic heterocycles. The zero-order valence-corrected chi connectivity index (χ0v) is 31.0. The number of amides is 2. The Morgan fingerprint density at radius 3 is 1.92 bits per heavy atom. The highest BCUT2D eigenvalue weighted by Gasteiger charge is 2.50. The summed E-state index contributed by atoms with van der Waals surface area (Å²) in [6.45, 7) is 6.71. The summed E-state index contributed by atoms with van der Waals surface area (Å²) >= 11 is 0. The van der Waals surface area contributed by atoms with Crippen LogP contribution in [0.3, 0.4) is 0 Å². The summed E-state index contributed by atoms with van der Waals surface area (Å²) in [5.41, 5.74) is 1.71. The molecule has 6 N–H and O–H groups in total. The normalized spacial score (nSPS) is 28.8. The van der Waals surface area contributed by atoms with Crippen LogP contribution in [0.2, 0.25) is 0 Å². The highest BCUT2D eigenvalue weighted by molar-refractivity contribution is 5.82. The maximum Gasteiger partial charge on any atom is 0.252 e. The topological polar surface area (TPSA) is 213 Å². The van der Waals surface area contributed by atoms with E-state index in [4.69, 9.17) is 37.9 Å². The van der Waals surface area contributed by atoms with Gasteiger partial charge in [-0.05, 0) is 57.4 Å². The average Bonchev–Trinajstić information content (AvgIpc) is 3.14. The van der Waals surface area contributed by atoms with Gasteiger partial charge in [-0.2, -0.15) is 0 Å². The number of aliphatic hydroxyl groups excluding tert-OH is 4. The van der Waals surface area contributed by atoms with Gasteiger partial charge in [0.2, 0.25) is 0 Å². The number of nitrogens with one attached hydrogen (secondary N) is 2. The molecule has 2 aromatic rings. The lowest BCUT2D eigenvalue weighted by Crippen LogP contribution is -2.63. The molecule has 296 valence electrons. The minimum atomic E-state index is -1.60. The highest BCUT2D eigenvalue weighted by atomic mass is 16.7. The molecule has 0 bridgehead atoms. The number of carbonyl (C=O) groups is 2. The Hall–Kier alpha value is -3.42. The van der Waals surface area contributed by atoms with Crippen LogP contribution in [0, 0.1) is 0 Å². The van der Waals surface area contributed by atoms with Crippen molar-refractivity contribution in [3.63, 3.8) is 0 Å². The maximum absolute atomic E-state index is 13.4. The molecule has 16 heteroatoms. The van der Waals surface area contributed by atoms with Gasteiger partial charge in [-0.3, -0.25) is 9.59 Å². The van der Waals surface area contributed by atoms with Crippen LogP contribution in [-0.4, -0.2) is 140 Å². The number of hydrogen-bond acceptors (Lipinski definition) is 14. The van der Waals surface area contributed by atoms with Crippen molar-refractivity contribution in [2.24, 2.45) is 0 Å². The van der Waals surface area contributed by atoms with Crippen molar-refractivity contribution in [2.45, 2.75) is 114 Å². The van der Waals surface area contributed by atoms with Crippen molar-refractivity contribution >= 4 is 11.8 Å². The molecule has 0 spiro atoms. The highest BCUT2D eigenvalue weighted by Crippen LogP contribution is 2.29. The Morgan fingerprint density at radius 1 is 0.679 bits per heavy atom. The smallest absolute Gasteiger partial charge is 0.252 e. The Balaban J connectivity index is 1.38. The van der Waals surface area contributed by atoms with Crippen molar-refractivity contribution in [3.8, 4) is 11.5 Å². The number of ether oxygens (including phenoxy) is 8. The molecule has 2 aliphatic rings. The SMILES string of the molecule is COc1ccc(CCNC(=O)C2O[C@@H](OC(C)C)[C@@H](O)[C@@H](O)[C@@H]2OCCO[C@@H]2OC(C(=O)NCc3ccccc3)[C@@H](OC(C)C)[C@H](O)[C@@H]2O)cc1OC.